The molecule has 0 aromatic heterocycles. The number of hydrogen-bond acceptors (Lipinski definition) is 5. The van der Waals surface area contributed by atoms with Gasteiger partial charge >= 0.3 is 5.97 Å². The number of carbonyl (C=O) groups is 2. The lowest BCUT2D eigenvalue weighted by molar-refractivity contribution is -0.144. The summed E-state index contributed by atoms with van der Waals surface area (Å²) < 4.78 is 0. The Kier molecular flexibility index (Phi) is 5.81. The summed E-state index contributed by atoms with van der Waals surface area (Å²) >= 11 is 1.06. The number of carboxylic acids is 1. The minimum atomic E-state index is -0.796. The molecule has 0 spiro atoms. The van der Waals surface area contributed by atoms with E-state index in [0.29, 0.717) is 18.7 Å². The van der Waals surface area contributed by atoms with E-state index in [9.17, 15) is 9.59 Å². The summed E-state index contributed by atoms with van der Waals surface area (Å²) in [6.45, 7) is 1.36. The summed E-state index contributed by atoms with van der Waals surface area (Å²) in [5, 5.41) is 22.4. The van der Waals surface area contributed by atoms with E-state index in [4.69, 9.17) is 10.4 Å². The highest BCUT2D eigenvalue weighted by atomic mass is 32.2. The number of hydrogen-bond donors (Lipinski definition) is 2. The zero-order valence-electron chi connectivity index (χ0n) is 12.0. The number of nitriles is 1. The molecule has 0 aliphatic carbocycles. The van der Waals surface area contributed by atoms with Crippen molar-refractivity contribution in [2.75, 3.05) is 25.0 Å². The average molecular weight is 319 g/mol. The van der Waals surface area contributed by atoms with Crippen molar-refractivity contribution in [1.82, 2.24) is 4.90 Å². The molecule has 7 heteroatoms. The standard InChI is InChI=1S/C15H17N3O3S/c16-10-22-13-5-3-12(4-6-13)17-14(19)9-18-7-1-2-11(8-18)15(20)21/h3-6,11H,1-2,7-9H2,(H,17,19)(H,20,21). The summed E-state index contributed by atoms with van der Waals surface area (Å²) in [7, 11) is 0. The van der Waals surface area contributed by atoms with Crippen LogP contribution < -0.4 is 5.32 Å². The maximum Gasteiger partial charge on any atom is 0.307 e. The molecule has 1 saturated heterocycles. The van der Waals surface area contributed by atoms with Gasteiger partial charge in [0.2, 0.25) is 5.91 Å². The van der Waals surface area contributed by atoms with Crippen LogP contribution in [0.1, 0.15) is 12.8 Å². The molecule has 1 aliphatic rings. The summed E-state index contributed by atoms with van der Waals surface area (Å²) in [6, 6.07) is 7.03. The molecule has 0 saturated carbocycles. The highest BCUT2D eigenvalue weighted by Gasteiger charge is 2.26. The van der Waals surface area contributed by atoms with Gasteiger partial charge in [0.1, 0.15) is 5.40 Å². The number of carbonyl (C=O) groups excluding carboxylic acids is 1. The molecular weight excluding hydrogens is 302 g/mol. The predicted molar refractivity (Wildman–Crippen MR) is 83.3 cm³/mol. The summed E-state index contributed by atoms with van der Waals surface area (Å²) in [4.78, 5) is 25.7. The first-order chi connectivity index (χ1) is 10.6. The van der Waals surface area contributed by atoms with Crippen molar-refractivity contribution in [3.05, 3.63) is 24.3 Å². The van der Waals surface area contributed by atoms with Gasteiger partial charge in [-0.2, -0.15) is 5.26 Å². The number of nitrogens with one attached hydrogen (secondary N) is 1. The van der Waals surface area contributed by atoms with Crippen LogP contribution in [0.15, 0.2) is 29.2 Å². The van der Waals surface area contributed by atoms with Gasteiger partial charge in [-0.25, -0.2) is 0 Å². The Morgan fingerprint density at radius 1 is 1.41 bits per heavy atom. The number of carboxylic acid groups (broad SMARTS) is 1. The molecular formula is C15H17N3O3S. The summed E-state index contributed by atoms with van der Waals surface area (Å²) in [5.41, 5.74) is 0.666. The Labute approximate surface area is 133 Å². The first-order valence-electron chi connectivity index (χ1n) is 6.99. The van der Waals surface area contributed by atoms with Gasteiger partial charge in [-0.3, -0.25) is 14.5 Å². The van der Waals surface area contributed by atoms with Crippen molar-refractivity contribution in [1.29, 1.82) is 5.26 Å². The number of benzene rings is 1. The van der Waals surface area contributed by atoms with E-state index in [2.05, 4.69) is 5.32 Å². The summed E-state index contributed by atoms with van der Waals surface area (Å²) in [5.74, 6) is -1.34. The first-order valence-corrected chi connectivity index (χ1v) is 7.81. The highest BCUT2D eigenvalue weighted by Crippen LogP contribution is 2.19. The Hall–Kier alpha value is -2.04. The van der Waals surface area contributed by atoms with Crippen LogP contribution in [0, 0.1) is 16.6 Å². The second-order valence-corrected chi connectivity index (χ2v) is 6.04. The molecule has 1 atom stereocenters. The van der Waals surface area contributed by atoms with Gasteiger partial charge < -0.3 is 10.4 Å². The SMILES string of the molecule is N#CSc1ccc(NC(=O)CN2CCCC(C(=O)O)C2)cc1. The fourth-order valence-electron chi connectivity index (χ4n) is 2.46. The molecule has 2 N–H and O–H groups in total. The quantitative estimate of drug-likeness (QED) is 0.637. The molecule has 0 radical (unpaired) electrons. The van der Waals surface area contributed by atoms with Crippen LogP contribution in [-0.4, -0.2) is 41.5 Å². The van der Waals surface area contributed by atoms with Crippen molar-refractivity contribution >= 4 is 29.3 Å². The molecule has 1 unspecified atom stereocenters. The van der Waals surface area contributed by atoms with Crippen LogP contribution in [0.2, 0.25) is 0 Å². The van der Waals surface area contributed by atoms with E-state index < -0.39 is 5.97 Å². The second kappa shape index (κ2) is 7.82. The monoisotopic (exact) mass is 319 g/mol. The molecule has 2 rings (SSSR count). The van der Waals surface area contributed by atoms with Crippen LogP contribution in [0.3, 0.4) is 0 Å². The van der Waals surface area contributed by atoms with Gasteiger partial charge in [-0.05, 0) is 55.4 Å². The Morgan fingerprint density at radius 3 is 2.77 bits per heavy atom. The van der Waals surface area contributed by atoms with Crippen molar-refractivity contribution < 1.29 is 14.7 Å². The molecule has 1 aromatic rings. The van der Waals surface area contributed by atoms with E-state index in [0.717, 1.165) is 29.6 Å². The van der Waals surface area contributed by atoms with Crippen LogP contribution in [0.4, 0.5) is 5.69 Å². The van der Waals surface area contributed by atoms with Gasteiger partial charge in [0.05, 0.1) is 12.5 Å². The molecule has 1 heterocycles. The average Bonchev–Trinajstić information content (AvgIpc) is 2.49. The number of rotatable bonds is 5. The number of aliphatic carboxylic acids is 1. The predicted octanol–water partition coefficient (Wildman–Crippen LogP) is 1.99. The highest BCUT2D eigenvalue weighted by molar-refractivity contribution is 8.03. The first kappa shape index (κ1) is 16.3. The van der Waals surface area contributed by atoms with Gasteiger partial charge in [0, 0.05) is 17.1 Å². The van der Waals surface area contributed by atoms with Crippen molar-refractivity contribution in [2.24, 2.45) is 5.92 Å². The normalized spacial score (nSPS) is 18.4. The number of amides is 1. The number of piperidine rings is 1. The number of nitrogens with zero attached hydrogens (tertiary/aromatic N) is 2. The van der Waals surface area contributed by atoms with Crippen LogP contribution in [0.5, 0.6) is 0 Å². The molecule has 0 bridgehead atoms. The Bertz CT molecular complexity index is 583. The maximum absolute atomic E-state index is 12.0. The molecule has 116 valence electrons. The van der Waals surface area contributed by atoms with Crippen molar-refractivity contribution in [3.8, 4) is 5.40 Å². The third-order valence-corrected chi connectivity index (χ3v) is 4.12. The smallest absolute Gasteiger partial charge is 0.307 e. The zero-order chi connectivity index (χ0) is 15.9. The lowest BCUT2D eigenvalue weighted by atomic mass is 9.98. The maximum atomic E-state index is 12.0. The molecule has 22 heavy (non-hydrogen) atoms. The molecule has 6 nitrogen and oxygen atoms in total. The fraction of sp³-hybridized carbons (Fsp3) is 0.400. The fourth-order valence-corrected chi connectivity index (χ4v) is 2.84. The minimum Gasteiger partial charge on any atom is -0.481 e. The third-order valence-electron chi connectivity index (χ3n) is 3.52. The van der Waals surface area contributed by atoms with Crippen LogP contribution in [-0.2, 0) is 9.59 Å². The van der Waals surface area contributed by atoms with Gasteiger partial charge in [0.25, 0.3) is 0 Å². The second-order valence-electron chi connectivity index (χ2n) is 5.18. The Balaban J connectivity index is 1.84. The van der Waals surface area contributed by atoms with Gasteiger partial charge in [-0.1, -0.05) is 0 Å². The van der Waals surface area contributed by atoms with Gasteiger partial charge in [-0.15, -0.1) is 0 Å². The van der Waals surface area contributed by atoms with Crippen molar-refractivity contribution in [3.63, 3.8) is 0 Å². The lowest BCUT2D eigenvalue weighted by Gasteiger charge is -2.29. The molecule has 1 amide bonds. The van der Waals surface area contributed by atoms with E-state index in [1.54, 1.807) is 24.3 Å². The Morgan fingerprint density at radius 2 is 2.14 bits per heavy atom. The molecule has 1 aromatic carbocycles. The molecule has 1 fully saturated rings. The van der Waals surface area contributed by atoms with Crippen molar-refractivity contribution in [2.45, 2.75) is 17.7 Å². The zero-order valence-corrected chi connectivity index (χ0v) is 12.8. The van der Waals surface area contributed by atoms with Crippen LogP contribution in [0.25, 0.3) is 0 Å². The minimum absolute atomic E-state index is 0.160. The topological polar surface area (TPSA) is 93.4 Å². The van der Waals surface area contributed by atoms with E-state index >= 15 is 0 Å². The van der Waals surface area contributed by atoms with E-state index in [1.165, 1.54) is 0 Å². The van der Waals surface area contributed by atoms with E-state index in [1.807, 2.05) is 10.3 Å². The lowest BCUT2D eigenvalue weighted by Crippen LogP contribution is -2.42. The number of anilines is 1. The largest absolute Gasteiger partial charge is 0.481 e. The number of thioether (sulfide) groups is 1. The van der Waals surface area contributed by atoms with E-state index in [-0.39, 0.29) is 18.4 Å². The van der Waals surface area contributed by atoms with Crippen LogP contribution >= 0.6 is 11.8 Å². The van der Waals surface area contributed by atoms with Gasteiger partial charge in [0.15, 0.2) is 0 Å². The summed E-state index contributed by atoms with van der Waals surface area (Å²) in [6.07, 6.45) is 1.47. The number of thiocyanates is 1. The number of likely N-dealkylation sites (tertiary alicyclic amines) is 1. The molecule has 1 aliphatic heterocycles. The third kappa shape index (κ3) is 4.76.